The molecule has 1 saturated heterocycles. The summed E-state index contributed by atoms with van der Waals surface area (Å²) >= 11 is 0. The van der Waals surface area contributed by atoms with Crippen LogP contribution in [0.1, 0.15) is 24.5 Å². The molecule has 9 nitrogen and oxygen atoms in total. The predicted octanol–water partition coefficient (Wildman–Crippen LogP) is 0.716. The second kappa shape index (κ2) is 8.83. The third-order valence-corrected chi connectivity index (χ3v) is 5.39. The zero-order chi connectivity index (χ0) is 22.0. The van der Waals surface area contributed by atoms with Crippen LogP contribution in [0.15, 0.2) is 23.2 Å². The van der Waals surface area contributed by atoms with E-state index in [4.69, 9.17) is 4.74 Å². The number of aliphatic imine (C=N–C) groups is 1. The normalized spacial score (nSPS) is 19.8. The molecule has 0 aromatic heterocycles. The topological polar surface area (TPSA) is 97.5 Å². The molecule has 2 atom stereocenters. The summed E-state index contributed by atoms with van der Waals surface area (Å²) in [4.78, 5) is 32.0. The molecule has 162 valence electrons. The molecule has 0 aliphatic carbocycles. The van der Waals surface area contributed by atoms with Crippen molar-refractivity contribution in [1.82, 2.24) is 15.1 Å². The number of imide groups is 1. The summed E-state index contributed by atoms with van der Waals surface area (Å²) in [5.41, 5.74) is 2.28. The van der Waals surface area contributed by atoms with Gasteiger partial charge in [0.2, 0.25) is 11.9 Å². The van der Waals surface area contributed by atoms with Crippen molar-refractivity contribution in [2.24, 2.45) is 4.99 Å². The Morgan fingerprint density at radius 3 is 2.63 bits per heavy atom. The summed E-state index contributed by atoms with van der Waals surface area (Å²) in [5.74, 6) is 1.16. The van der Waals surface area contributed by atoms with Gasteiger partial charge in [0.05, 0.1) is 13.1 Å². The number of nitrogens with one attached hydrogen (secondary N) is 1. The van der Waals surface area contributed by atoms with Gasteiger partial charge in [-0.3, -0.25) is 19.9 Å². The van der Waals surface area contributed by atoms with Crippen molar-refractivity contribution in [2.45, 2.75) is 39.3 Å². The van der Waals surface area contributed by atoms with Gasteiger partial charge in [-0.2, -0.15) is 0 Å². The number of hydrogen-bond acceptors (Lipinski definition) is 6. The molecule has 0 bridgehead atoms. The fourth-order valence-electron chi connectivity index (χ4n) is 3.44. The van der Waals surface area contributed by atoms with Crippen molar-refractivity contribution in [2.75, 3.05) is 33.8 Å². The molecule has 0 spiro atoms. The Kier molecular flexibility index (Phi) is 6.40. The molecule has 1 fully saturated rings. The number of β-amino-alcohol motifs (C(OH)–C–C–N with tert-alkyl or cyclic N) is 1. The number of benzene rings is 1. The molecule has 3 amide bonds. The molecule has 2 heterocycles. The van der Waals surface area contributed by atoms with E-state index in [1.54, 1.807) is 11.6 Å². The number of aliphatic hydroxyl groups is 1. The van der Waals surface area contributed by atoms with E-state index in [9.17, 15) is 14.7 Å². The number of ether oxygens (including phenoxy) is 1. The van der Waals surface area contributed by atoms with Crippen LogP contribution in [0.2, 0.25) is 0 Å². The maximum atomic E-state index is 12.8. The first-order valence-corrected chi connectivity index (χ1v) is 10.1. The van der Waals surface area contributed by atoms with Crippen molar-refractivity contribution in [3.63, 3.8) is 0 Å². The van der Waals surface area contributed by atoms with Crippen LogP contribution in [0.25, 0.3) is 0 Å². The highest BCUT2D eigenvalue weighted by molar-refractivity contribution is 6.22. The van der Waals surface area contributed by atoms with E-state index in [1.165, 1.54) is 17.5 Å². The summed E-state index contributed by atoms with van der Waals surface area (Å²) in [6, 6.07) is 4.59. The Labute approximate surface area is 176 Å². The number of rotatable bonds is 7. The molecule has 0 radical (unpaired) electrons. The van der Waals surface area contributed by atoms with Crippen LogP contribution in [0.3, 0.4) is 0 Å². The lowest BCUT2D eigenvalue weighted by atomic mass is 10.1. The van der Waals surface area contributed by atoms with Crippen molar-refractivity contribution >= 4 is 23.7 Å². The fourth-order valence-corrected chi connectivity index (χ4v) is 3.44. The van der Waals surface area contributed by atoms with Gasteiger partial charge in [0, 0.05) is 14.1 Å². The lowest BCUT2D eigenvalue weighted by Gasteiger charge is -2.32. The van der Waals surface area contributed by atoms with E-state index >= 15 is 0 Å². The van der Waals surface area contributed by atoms with Gasteiger partial charge in [-0.25, -0.2) is 9.37 Å². The van der Waals surface area contributed by atoms with E-state index in [1.807, 2.05) is 39.0 Å². The molecular weight excluding hydrogens is 386 g/mol. The molecule has 1 aromatic carbocycles. The number of fused-ring (bicyclic) bond motifs is 1. The van der Waals surface area contributed by atoms with Gasteiger partial charge >= 0.3 is 12.0 Å². The van der Waals surface area contributed by atoms with Crippen LogP contribution in [0.5, 0.6) is 5.75 Å². The Bertz CT molecular complexity index is 911. The van der Waals surface area contributed by atoms with Gasteiger partial charge in [-0.15, -0.1) is 0 Å². The highest BCUT2D eigenvalue weighted by Gasteiger charge is 2.51. The number of carbonyl (C=O) groups excluding carboxylic acids is 2. The SMILES string of the molecule is CCCNC1=[N+](CC(O)COc2ccc(C)c(C)c2)C2C(=O)N(C)C(=O)N(C)C2=N1. The van der Waals surface area contributed by atoms with Gasteiger partial charge in [0.1, 0.15) is 18.5 Å². The summed E-state index contributed by atoms with van der Waals surface area (Å²) in [7, 11) is 3.05. The number of amidine groups is 1. The van der Waals surface area contributed by atoms with Gasteiger partial charge in [0.15, 0.2) is 0 Å². The van der Waals surface area contributed by atoms with Gasteiger partial charge in [-0.1, -0.05) is 18.0 Å². The van der Waals surface area contributed by atoms with Gasteiger partial charge < -0.3 is 9.84 Å². The Morgan fingerprint density at radius 2 is 1.97 bits per heavy atom. The maximum Gasteiger partial charge on any atom is 0.390 e. The summed E-state index contributed by atoms with van der Waals surface area (Å²) in [6.45, 7) is 6.92. The van der Waals surface area contributed by atoms with Crippen LogP contribution in [-0.2, 0) is 4.79 Å². The number of aryl methyl sites for hydroxylation is 2. The molecule has 2 aliphatic rings. The molecule has 0 saturated carbocycles. The van der Waals surface area contributed by atoms with E-state index in [2.05, 4.69) is 10.3 Å². The molecule has 3 rings (SSSR count). The number of nitrogens with zero attached hydrogens (tertiary/aromatic N) is 4. The smallest absolute Gasteiger partial charge is 0.390 e. The minimum absolute atomic E-state index is 0.0703. The number of urea groups is 1. The summed E-state index contributed by atoms with van der Waals surface area (Å²) in [5, 5.41) is 13.8. The number of guanidine groups is 1. The van der Waals surface area contributed by atoms with Gasteiger partial charge in [0.25, 0.3) is 5.91 Å². The first-order valence-electron chi connectivity index (χ1n) is 10.1. The second-order valence-electron chi connectivity index (χ2n) is 7.73. The third kappa shape index (κ3) is 4.16. The van der Waals surface area contributed by atoms with Gasteiger partial charge in [-0.05, 0) is 43.5 Å². The summed E-state index contributed by atoms with van der Waals surface area (Å²) < 4.78 is 7.46. The molecule has 30 heavy (non-hydrogen) atoms. The van der Waals surface area contributed by atoms with Crippen molar-refractivity contribution in [3.8, 4) is 5.75 Å². The lowest BCUT2D eigenvalue weighted by Crippen LogP contribution is -2.62. The molecule has 1 aromatic rings. The van der Waals surface area contributed by atoms with E-state index in [0.29, 0.717) is 24.1 Å². The van der Waals surface area contributed by atoms with Crippen LogP contribution in [-0.4, -0.2) is 89.2 Å². The average molecular weight is 417 g/mol. The van der Waals surface area contributed by atoms with Crippen LogP contribution in [0.4, 0.5) is 4.79 Å². The number of hydrogen-bond donors (Lipinski definition) is 2. The first kappa shape index (κ1) is 21.8. The maximum absolute atomic E-state index is 12.8. The zero-order valence-corrected chi connectivity index (χ0v) is 18.2. The average Bonchev–Trinajstić information content (AvgIpc) is 3.08. The quantitative estimate of drug-likeness (QED) is 0.639. The fraction of sp³-hybridized carbons (Fsp3) is 0.524. The summed E-state index contributed by atoms with van der Waals surface area (Å²) in [6.07, 6.45) is 0.00844. The second-order valence-corrected chi connectivity index (χ2v) is 7.73. The predicted molar refractivity (Wildman–Crippen MR) is 113 cm³/mol. The van der Waals surface area contributed by atoms with Crippen LogP contribution >= 0.6 is 0 Å². The molecular formula is C21H30N5O4+. The molecule has 9 heteroatoms. The molecule has 2 N–H and O–H groups in total. The largest absolute Gasteiger partial charge is 0.491 e. The van der Waals surface area contributed by atoms with E-state index in [0.717, 1.165) is 16.9 Å². The minimum atomic E-state index is -0.861. The van der Waals surface area contributed by atoms with E-state index in [-0.39, 0.29) is 19.1 Å². The Hall–Kier alpha value is -2.94. The zero-order valence-electron chi connectivity index (χ0n) is 18.2. The lowest BCUT2D eigenvalue weighted by molar-refractivity contribution is -0.545. The monoisotopic (exact) mass is 416 g/mol. The molecule has 2 aliphatic heterocycles. The van der Waals surface area contributed by atoms with Crippen molar-refractivity contribution < 1.29 is 24.0 Å². The first-order chi connectivity index (χ1) is 14.2. The van der Waals surface area contributed by atoms with Crippen LogP contribution < -0.4 is 10.1 Å². The van der Waals surface area contributed by atoms with Crippen molar-refractivity contribution in [1.29, 1.82) is 0 Å². The third-order valence-electron chi connectivity index (χ3n) is 5.39. The Balaban J connectivity index is 1.76. The van der Waals surface area contributed by atoms with E-state index < -0.39 is 18.2 Å². The van der Waals surface area contributed by atoms with Crippen molar-refractivity contribution in [3.05, 3.63) is 29.3 Å². The highest BCUT2D eigenvalue weighted by Crippen LogP contribution is 2.20. The minimum Gasteiger partial charge on any atom is -0.491 e. The number of likely N-dealkylation sites (N-methyl/N-ethyl adjacent to an activating group) is 2. The number of carbonyl (C=O) groups is 2. The van der Waals surface area contributed by atoms with Crippen LogP contribution in [0, 0.1) is 13.8 Å². The Morgan fingerprint density at radius 1 is 1.23 bits per heavy atom. The number of amides is 3. The standard InChI is InChI=1S/C21H29N5O4/c1-6-9-22-20-23-18-17(19(28)25(5)21(29)24(18)4)26(20)11-15(27)12-30-16-8-7-13(2)14(3)10-16/h7-8,10,15,17,27H,6,9,11-12H2,1-5H3/p+1. The highest BCUT2D eigenvalue weighted by atomic mass is 16.5. The number of aliphatic hydroxyl groups excluding tert-OH is 1. The molecule has 2 unspecified atom stereocenters.